The van der Waals surface area contributed by atoms with Gasteiger partial charge in [0.05, 0.1) is 0 Å². The van der Waals surface area contributed by atoms with E-state index in [1.165, 1.54) is 73.0 Å². The second kappa shape index (κ2) is 13.6. The number of benzene rings is 2. The molecule has 0 aromatic heterocycles. The lowest BCUT2D eigenvalue weighted by Crippen LogP contribution is -2.44. The van der Waals surface area contributed by atoms with E-state index >= 15 is 0 Å². The number of anilines is 1. The van der Waals surface area contributed by atoms with Crippen molar-refractivity contribution in [2.24, 2.45) is 0 Å². The van der Waals surface area contributed by atoms with Crippen LogP contribution in [0.5, 0.6) is 0 Å². The Bertz CT molecular complexity index is 834. The SMILES string of the molecule is C=Cc1ccc(CCCCCCCN(C)Cc2ccc(N3CCN(C)CC3)cc2)cc1CC. The van der Waals surface area contributed by atoms with E-state index in [4.69, 9.17) is 0 Å². The van der Waals surface area contributed by atoms with Gasteiger partial charge in [-0.05, 0) is 80.7 Å². The van der Waals surface area contributed by atoms with Gasteiger partial charge in [0.25, 0.3) is 0 Å². The van der Waals surface area contributed by atoms with Crippen LogP contribution < -0.4 is 4.90 Å². The molecule has 0 unspecified atom stereocenters. The zero-order chi connectivity index (χ0) is 23.5. The van der Waals surface area contributed by atoms with E-state index in [9.17, 15) is 0 Å². The first-order valence-electron chi connectivity index (χ1n) is 13.0. The summed E-state index contributed by atoms with van der Waals surface area (Å²) in [5.41, 5.74) is 6.99. The van der Waals surface area contributed by atoms with Gasteiger partial charge >= 0.3 is 0 Å². The summed E-state index contributed by atoms with van der Waals surface area (Å²) in [6.45, 7) is 13.0. The third kappa shape index (κ3) is 8.32. The normalized spacial score (nSPS) is 14.7. The molecule has 0 amide bonds. The molecule has 0 aliphatic carbocycles. The Kier molecular flexibility index (Phi) is 10.5. The molecule has 1 aliphatic heterocycles. The lowest BCUT2D eigenvalue weighted by Gasteiger charge is -2.34. The number of hydrogen-bond acceptors (Lipinski definition) is 3. The molecule has 1 saturated heterocycles. The molecule has 180 valence electrons. The molecule has 0 spiro atoms. The Hall–Kier alpha value is -2.10. The van der Waals surface area contributed by atoms with E-state index in [0.717, 1.165) is 39.1 Å². The summed E-state index contributed by atoms with van der Waals surface area (Å²) in [6.07, 6.45) is 10.9. The Balaban J connectivity index is 1.27. The highest BCUT2D eigenvalue weighted by Crippen LogP contribution is 2.19. The van der Waals surface area contributed by atoms with E-state index in [1.54, 1.807) is 0 Å². The number of piperazine rings is 1. The van der Waals surface area contributed by atoms with Crippen molar-refractivity contribution in [3.8, 4) is 0 Å². The first-order valence-corrected chi connectivity index (χ1v) is 13.0. The molecule has 0 atom stereocenters. The number of rotatable bonds is 13. The summed E-state index contributed by atoms with van der Waals surface area (Å²) in [4.78, 5) is 7.38. The summed E-state index contributed by atoms with van der Waals surface area (Å²) >= 11 is 0. The van der Waals surface area contributed by atoms with Gasteiger partial charge in [-0.1, -0.05) is 69.2 Å². The quantitative estimate of drug-likeness (QED) is 0.335. The van der Waals surface area contributed by atoms with Gasteiger partial charge in [0.2, 0.25) is 0 Å². The molecule has 1 fully saturated rings. The zero-order valence-electron chi connectivity index (χ0n) is 21.4. The molecule has 2 aromatic carbocycles. The van der Waals surface area contributed by atoms with Crippen LogP contribution in [0.25, 0.3) is 6.08 Å². The van der Waals surface area contributed by atoms with Gasteiger partial charge in [-0.25, -0.2) is 0 Å². The van der Waals surface area contributed by atoms with Crippen molar-refractivity contribution in [3.05, 3.63) is 71.3 Å². The predicted octanol–water partition coefficient (Wildman–Crippen LogP) is 6.27. The second-order valence-corrected chi connectivity index (χ2v) is 9.80. The van der Waals surface area contributed by atoms with Crippen LogP contribution in [-0.4, -0.2) is 56.6 Å². The van der Waals surface area contributed by atoms with Crippen molar-refractivity contribution in [1.29, 1.82) is 0 Å². The monoisotopic (exact) mass is 447 g/mol. The van der Waals surface area contributed by atoms with Gasteiger partial charge in [-0.3, -0.25) is 0 Å². The van der Waals surface area contributed by atoms with Gasteiger partial charge in [-0.15, -0.1) is 0 Å². The van der Waals surface area contributed by atoms with E-state index in [2.05, 4.69) is 84.8 Å². The maximum Gasteiger partial charge on any atom is 0.0367 e. The van der Waals surface area contributed by atoms with Gasteiger partial charge in [-0.2, -0.15) is 0 Å². The van der Waals surface area contributed by atoms with Crippen LogP contribution in [0.1, 0.15) is 61.3 Å². The summed E-state index contributed by atoms with van der Waals surface area (Å²) in [6, 6.07) is 16.1. The highest BCUT2D eigenvalue weighted by molar-refractivity contribution is 5.53. The minimum atomic E-state index is 1.05. The highest BCUT2D eigenvalue weighted by atomic mass is 15.2. The van der Waals surface area contributed by atoms with Crippen molar-refractivity contribution in [2.45, 2.75) is 58.4 Å². The van der Waals surface area contributed by atoms with E-state index in [0.29, 0.717) is 0 Å². The number of unbranched alkanes of at least 4 members (excludes halogenated alkanes) is 4. The van der Waals surface area contributed by atoms with Gasteiger partial charge < -0.3 is 14.7 Å². The third-order valence-corrected chi connectivity index (χ3v) is 7.07. The van der Waals surface area contributed by atoms with E-state index in [-0.39, 0.29) is 0 Å². The summed E-state index contributed by atoms with van der Waals surface area (Å²) < 4.78 is 0. The van der Waals surface area contributed by atoms with Crippen molar-refractivity contribution in [2.75, 3.05) is 51.7 Å². The maximum absolute atomic E-state index is 3.93. The Morgan fingerprint density at radius 2 is 1.55 bits per heavy atom. The maximum atomic E-state index is 3.93. The average Bonchev–Trinajstić information content (AvgIpc) is 2.84. The van der Waals surface area contributed by atoms with E-state index < -0.39 is 0 Å². The third-order valence-electron chi connectivity index (χ3n) is 7.07. The van der Waals surface area contributed by atoms with Crippen LogP contribution in [-0.2, 0) is 19.4 Å². The minimum absolute atomic E-state index is 1.05. The lowest BCUT2D eigenvalue weighted by atomic mass is 9.98. The fraction of sp³-hybridized carbons (Fsp3) is 0.533. The number of likely N-dealkylation sites (N-methyl/N-ethyl adjacent to an activating group) is 1. The Labute approximate surface area is 203 Å². The van der Waals surface area contributed by atoms with Crippen molar-refractivity contribution >= 4 is 11.8 Å². The van der Waals surface area contributed by atoms with E-state index in [1.807, 2.05) is 6.08 Å². The van der Waals surface area contributed by atoms with Crippen LogP contribution in [0, 0.1) is 0 Å². The molecule has 0 bridgehead atoms. The second-order valence-electron chi connectivity index (χ2n) is 9.80. The van der Waals surface area contributed by atoms with Gasteiger partial charge in [0.1, 0.15) is 0 Å². The molecule has 3 nitrogen and oxygen atoms in total. The molecule has 3 heteroatoms. The average molecular weight is 448 g/mol. The Morgan fingerprint density at radius 1 is 0.879 bits per heavy atom. The summed E-state index contributed by atoms with van der Waals surface area (Å²) in [5, 5.41) is 0. The molecule has 0 saturated carbocycles. The summed E-state index contributed by atoms with van der Waals surface area (Å²) in [5.74, 6) is 0. The molecule has 1 aliphatic rings. The minimum Gasteiger partial charge on any atom is -0.369 e. The molecule has 3 rings (SSSR count). The van der Waals surface area contributed by atoms with Crippen molar-refractivity contribution < 1.29 is 0 Å². The number of nitrogens with zero attached hydrogens (tertiary/aromatic N) is 3. The zero-order valence-corrected chi connectivity index (χ0v) is 21.4. The smallest absolute Gasteiger partial charge is 0.0367 e. The molecule has 2 aromatic rings. The molecule has 0 N–H and O–H groups in total. The Morgan fingerprint density at radius 3 is 2.24 bits per heavy atom. The van der Waals surface area contributed by atoms with Crippen LogP contribution in [0.3, 0.4) is 0 Å². The molecule has 1 heterocycles. The van der Waals surface area contributed by atoms with Crippen molar-refractivity contribution in [1.82, 2.24) is 9.80 Å². The van der Waals surface area contributed by atoms with Crippen LogP contribution >= 0.6 is 0 Å². The number of aryl methyl sites for hydroxylation is 2. The lowest BCUT2D eigenvalue weighted by molar-refractivity contribution is 0.312. The first kappa shape index (κ1) is 25.5. The topological polar surface area (TPSA) is 9.72 Å². The van der Waals surface area contributed by atoms with Crippen LogP contribution in [0.4, 0.5) is 5.69 Å². The van der Waals surface area contributed by atoms with Gasteiger partial charge in [0, 0.05) is 38.4 Å². The fourth-order valence-corrected chi connectivity index (χ4v) is 4.83. The summed E-state index contributed by atoms with van der Waals surface area (Å²) in [7, 11) is 4.47. The van der Waals surface area contributed by atoms with Crippen molar-refractivity contribution in [3.63, 3.8) is 0 Å². The highest BCUT2D eigenvalue weighted by Gasteiger charge is 2.14. The van der Waals surface area contributed by atoms with Gasteiger partial charge in [0.15, 0.2) is 0 Å². The van der Waals surface area contributed by atoms with Crippen LogP contribution in [0.15, 0.2) is 49.0 Å². The molecular weight excluding hydrogens is 402 g/mol. The fourth-order valence-electron chi connectivity index (χ4n) is 4.83. The standard InChI is InChI=1S/C30H45N3/c1-5-28-16-13-26(24-29(28)6-2)12-10-8-7-9-11-19-32(4)25-27-14-17-30(18-15-27)33-22-20-31(3)21-23-33/h5,13-18,24H,1,6-12,19-23,25H2,2-4H3. The molecular formula is C30H45N3. The van der Waals surface area contributed by atoms with Crippen LogP contribution in [0.2, 0.25) is 0 Å². The first-order chi connectivity index (χ1) is 16.1. The predicted molar refractivity (Wildman–Crippen MR) is 145 cm³/mol. The molecule has 0 radical (unpaired) electrons. The number of hydrogen-bond donors (Lipinski definition) is 0. The molecule has 33 heavy (non-hydrogen) atoms. The largest absolute Gasteiger partial charge is 0.369 e.